The molecule has 0 unspecified atom stereocenters. The van der Waals surface area contributed by atoms with E-state index >= 15 is 0 Å². The molecule has 8 heteroatoms. The Morgan fingerprint density at radius 3 is 2.94 bits per heavy atom. The molecule has 0 fully saturated rings. The number of aromatic nitrogens is 4. The summed E-state index contributed by atoms with van der Waals surface area (Å²) in [6.45, 7) is 0. The molecule has 0 aliphatic heterocycles. The topological polar surface area (TPSA) is 113 Å². The van der Waals surface area contributed by atoms with Gasteiger partial charge in [-0.2, -0.15) is 5.26 Å². The lowest BCUT2D eigenvalue weighted by Gasteiger charge is -2.02. The van der Waals surface area contributed by atoms with Gasteiger partial charge >= 0.3 is 5.69 Å². The molecule has 0 spiro atoms. The maximum Gasteiger partial charge on any atom is 0.343 e. The highest BCUT2D eigenvalue weighted by molar-refractivity contribution is 7.99. The van der Waals surface area contributed by atoms with Gasteiger partial charge in [0.25, 0.3) is 0 Å². The zero-order valence-electron chi connectivity index (χ0n) is 8.84. The SMILES string of the molecule is Cn1c(Sc2ncc(C#N)cc2N)n[nH]c1=O. The molecular weight excluding hydrogens is 240 g/mol. The summed E-state index contributed by atoms with van der Waals surface area (Å²) in [5.41, 5.74) is 6.21. The number of rotatable bonds is 2. The van der Waals surface area contributed by atoms with Gasteiger partial charge in [-0.1, -0.05) is 0 Å². The average Bonchev–Trinajstić information content (AvgIpc) is 2.63. The fourth-order valence-electron chi connectivity index (χ4n) is 1.13. The number of H-pyrrole nitrogens is 1. The van der Waals surface area contributed by atoms with Gasteiger partial charge in [-0.05, 0) is 17.8 Å². The third kappa shape index (κ3) is 2.14. The molecule has 0 saturated heterocycles. The molecule has 0 bridgehead atoms. The van der Waals surface area contributed by atoms with Crippen molar-refractivity contribution in [3.63, 3.8) is 0 Å². The van der Waals surface area contributed by atoms with Crippen LogP contribution in [0.5, 0.6) is 0 Å². The summed E-state index contributed by atoms with van der Waals surface area (Å²) in [4.78, 5) is 15.2. The lowest BCUT2D eigenvalue weighted by Crippen LogP contribution is -2.12. The third-order valence-electron chi connectivity index (χ3n) is 2.03. The van der Waals surface area contributed by atoms with Crippen LogP contribution in [0.2, 0.25) is 0 Å². The molecule has 0 radical (unpaired) electrons. The van der Waals surface area contributed by atoms with Gasteiger partial charge in [0.2, 0.25) is 0 Å². The number of nitrogens with two attached hydrogens (primary N) is 1. The highest BCUT2D eigenvalue weighted by atomic mass is 32.2. The van der Waals surface area contributed by atoms with E-state index in [0.29, 0.717) is 21.4 Å². The first-order valence-corrected chi connectivity index (χ1v) is 5.38. The Morgan fingerprint density at radius 1 is 1.65 bits per heavy atom. The molecule has 2 aromatic rings. The smallest absolute Gasteiger partial charge is 0.343 e. The van der Waals surface area contributed by atoms with Gasteiger partial charge < -0.3 is 5.73 Å². The van der Waals surface area contributed by atoms with E-state index in [0.717, 1.165) is 11.8 Å². The predicted octanol–water partition coefficient (Wildman–Crippen LogP) is 0.108. The van der Waals surface area contributed by atoms with Crippen molar-refractivity contribution in [1.82, 2.24) is 19.7 Å². The standard InChI is InChI=1S/C9H8N6OS/c1-15-8(16)13-14-9(15)17-7-6(11)2-5(3-10)4-12-7/h2,4H,11H2,1H3,(H,13,16). The van der Waals surface area contributed by atoms with E-state index in [9.17, 15) is 4.79 Å². The van der Waals surface area contributed by atoms with Crippen molar-refractivity contribution in [2.24, 2.45) is 7.05 Å². The monoisotopic (exact) mass is 248 g/mol. The predicted molar refractivity (Wildman–Crippen MR) is 61.3 cm³/mol. The van der Waals surface area contributed by atoms with Gasteiger partial charge in [-0.15, -0.1) is 5.10 Å². The van der Waals surface area contributed by atoms with E-state index in [2.05, 4.69) is 15.2 Å². The van der Waals surface area contributed by atoms with E-state index in [1.807, 2.05) is 6.07 Å². The minimum Gasteiger partial charge on any atom is -0.396 e. The Hall–Kier alpha value is -2.27. The molecule has 0 aromatic carbocycles. The second-order valence-corrected chi connectivity index (χ2v) is 4.16. The highest BCUT2D eigenvalue weighted by Gasteiger charge is 2.10. The molecule has 0 aliphatic carbocycles. The Morgan fingerprint density at radius 2 is 2.41 bits per heavy atom. The zero-order valence-corrected chi connectivity index (χ0v) is 9.65. The molecule has 2 aromatic heterocycles. The number of aromatic amines is 1. The van der Waals surface area contributed by atoms with Crippen LogP contribution in [0.3, 0.4) is 0 Å². The van der Waals surface area contributed by atoms with Gasteiger partial charge in [-0.25, -0.2) is 14.9 Å². The van der Waals surface area contributed by atoms with E-state index in [-0.39, 0.29) is 5.69 Å². The van der Waals surface area contributed by atoms with Crippen LogP contribution in [-0.4, -0.2) is 19.7 Å². The van der Waals surface area contributed by atoms with Crippen LogP contribution >= 0.6 is 11.8 Å². The Labute approximate surface area is 100 Å². The lowest BCUT2D eigenvalue weighted by atomic mass is 10.3. The van der Waals surface area contributed by atoms with E-state index in [1.54, 1.807) is 7.05 Å². The minimum atomic E-state index is -0.306. The molecule has 0 amide bonds. The molecule has 2 rings (SSSR count). The third-order valence-corrected chi connectivity index (χ3v) is 3.12. The van der Waals surface area contributed by atoms with Crippen LogP contribution in [0.25, 0.3) is 0 Å². The Balaban J connectivity index is 2.34. The molecule has 17 heavy (non-hydrogen) atoms. The number of hydrogen-bond donors (Lipinski definition) is 2. The second kappa shape index (κ2) is 4.31. The van der Waals surface area contributed by atoms with Crippen LogP contribution in [-0.2, 0) is 7.05 Å². The number of nitriles is 1. The zero-order chi connectivity index (χ0) is 12.4. The van der Waals surface area contributed by atoms with Gasteiger partial charge in [0.1, 0.15) is 11.1 Å². The molecule has 86 valence electrons. The number of nitrogen functional groups attached to an aromatic ring is 1. The number of anilines is 1. The fourth-order valence-corrected chi connectivity index (χ4v) is 1.89. The summed E-state index contributed by atoms with van der Waals surface area (Å²) in [5, 5.41) is 15.8. The number of nitrogens with zero attached hydrogens (tertiary/aromatic N) is 4. The fraction of sp³-hybridized carbons (Fsp3) is 0.111. The van der Waals surface area contributed by atoms with Crippen LogP contribution in [0.15, 0.2) is 27.2 Å². The first kappa shape index (κ1) is 11.2. The first-order valence-electron chi connectivity index (χ1n) is 4.56. The van der Waals surface area contributed by atoms with Crippen molar-refractivity contribution < 1.29 is 0 Å². The van der Waals surface area contributed by atoms with Gasteiger partial charge in [0.05, 0.1) is 11.3 Å². The van der Waals surface area contributed by atoms with Gasteiger partial charge in [-0.3, -0.25) is 4.57 Å². The Kier molecular flexibility index (Phi) is 2.84. The van der Waals surface area contributed by atoms with Crippen LogP contribution in [0.1, 0.15) is 5.56 Å². The lowest BCUT2D eigenvalue weighted by molar-refractivity contribution is 0.765. The van der Waals surface area contributed by atoms with Gasteiger partial charge in [0.15, 0.2) is 5.16 Å². The summed E-state index contributed by atoms with van der Waals surface area (Å²) in [6.07, 6.45) is 1.42. The number of nitrogens with one attached hydrogen (secondary N) is 1. The van der Waals surface area contributed by atoms with Crippen molar-refractivity contribution in [1.29, 1.82) is 5.26 Å². The van der Waals surface area contributed by atoms with Gasteiger partial charge in [0, 0.05) is 13.2 Å². The first-order chi connectivity index (χ1) is 8.11. The average molecular weight is 248 g/mol. The normalized spacial score (nSPS) is 10.1. The van der Waals surface area contributed by atoms with Crippen LogP contribution in [0, 0.1) is 11.3 Å². The Bertz CT molecular complexity index is 652. The van der Waals surface area contributed by atoms with E-state index in [4.69, 9.17) is 11.0 Å². The molecule has 0 aliphatic rings. The van der Waals surface area contributed by atoms with Crippen molar-refractivity contribution in [2.45, 2.75) is 10.2 Å². The van der Waals surface area contributed by atoms with Crippen molar-refractivity contribution >= 4 is 17.4 Å². The summed E-state index contributed by atoms with van der Waals surface area (Å²) < 4.78 is 1.35. The van der Waals surface area contributed by atoms with Crippen LogP contribution < -0.4 is 11.4 Å². The van der Waals surface area contributed by atoms with E-state index in [1.165, 1.54) is 16.8 Å². The largest absolute Gasteiger partial charge is 0.396 e. The maximum atomic E-state index is 11.2. The van der Waals surface area contributed by atoms with Crippen molar-refractivity contribution in [3.05, 3.63) is 28.3 Å². The van der Waals surface area contributed by atoms with Crippen LogP contribution in [0.4, 0.5) is 5.69 Å². The number of pyridine rings is 1. The minimum absolute atomic E-state index is 0.306. The molecule has 0 saturated carbocycles. The number of hydrogen-bond acceptors (Lipinski definition) is 6. The molecule has 0 atom stereocenters. The van der Waals surface area contributed by atoms with Crippen molar-refractivity contribution in [2.75, 3.05) is 5.73 Å². The maximum absolute atomic E-state index is 11.2. The molecule has 7 nitrogen and oxygen atoms in total. The summed E-state index contributed by atoms with van der Waals surface area (Å²) in [5.74, 6) is 0. The molecular formula is C9H8N6OS. The van der Waals surface area contributed by atoms with Crippen molar-refractivity contribution in [3.8, 4) is 6.07 Å². The summed E-state index contributed by atoms with van der Waals surface area (Å²) >= 11 is 1.16. The summed E-state index contributed by atoms with van der Waals surface area (Å²) in [7, 11) is 1.59. The molecule has 3 N–H and O–H groups in total. The highest BCUT2D eigenvalue weighted by Crippen LogP contribution is 2.27. The summed E-state index contributed by atoms with van der Waals surface area (Å²) in [6, 6.07) is 3.47. The second-order valence-electron chi connectivity index (χ2n) is 3.20. The quantitative estimate of drug-likeness (QED) is 0.779. The molecule has 2 heterocycles. The van der Waals surface area contributed by atoms with E-state index < -0.39 is 0 Å².